The van der Waals surface area contributed by atoms with E-state index >= 15 is 0 Å². The van der Waals surface area contributed by atoms with E-state index in [4.69, 9.17) is 4.74 Å². The molecule has 0 radical (unpaired) electrons. The first-order valence-electron chi connectivity index (χ1n) is 12.8. The topological polar surface area (TPSA) is 99.8 Å². The lowest BCUT2D eigenvalue weighted by atomic mass is 9.82. The van der Waals surface area contributed by atoms with E-state index < -0.39 is 17.1 Å². The van der Waals surface area contributed by atoms with Crippen LogP contribution in [0.5, 0.6) is 5.75 Å². The maximum Gasteiger partial charge on any atom is 0.305 e. The highest BCUT2D eigenvalue weighted by Gasteiger charge is 2.56. The Labute approximate surface area is 228 Å². The molecule has 38 heavy (non-hydrogen) atoms. The third kappa shape index (κ3) is 4.35. The van der Waals surface area contributed by atoms with Gasteiger partial charge in [-0.05, 0) is 44.4 Å². The monoisotopic (exact) mass is 549 g/mol. The second-order valence-electron chi connectivity index (χ2n) is 9.87. The lowest BCUT2D eigenvalue weighted by Crippen LogP contribution is -2.38. The molecule has 8 nitrogen and oxygen atoms in total. The molecule has 3 amide bonds. The SMILES string of the molecule is Cc1ccc(N2C(=O)[C@H]3[C@H](c4ccccc4OCC(=O)N4CCCCC4)c4sc(=O)[nH]c4S[C@H]3C2=O)cc1. The van der Waals surface area contributed by atoms with Crippen molar-refractivity contribution in [2.75, 3.05) is 24.6 Å². The van der Waals surface area contributed by atoms with Crippen molar-refractivity contribution >= 4 is 46.5 Å². The Morgan fingerprint density at radius 2 is 1.74 bits per heavy atom. The number of aromatic amines is 1. The van der Waals surface area contributed by atoms with Gasteiger partial charge in [-0.25, -0.2) is 4.90 Å². The Morgan fingerprint density at radius 3 is 2.50 bits per heavy atom. The van der Waals surface area contributed by atoms with Gasteiger partial charge in [-0.2, -0.15) is 0 Å². The van der Waals surface area contributed by atoms with Crippen LogP contribution >= 0.6 is 23.1 Å². The molecule has 0 spiro atoms. The first-order chi connectivity index (χ1) is 18.4. The van der Waals surface area contributed by atoms with Crippen LogP contribution in [0.15, 0.2) is 58.4 Å². The summed E-state index contributed by atoms with van der Waals surface area (Å²) in [5.74, 6) is -1.46. The van der Waals surface area contributed by atoms with Crippen molar-refractivity contribution in [1.29, 1.82) is 0 Å². The number of carbonyl (C=O) groups excluding carboxylic acids is 3. The van der Waals surface area contributed by atoms with Crippen LogP contribution in [0.1, 0.15) is 41.2 Å². The van der Waals surface area contributed by atoms with Gasteiger partial charge >= 0.3 is 4.87 Å². The minimum Gasteiger partial charge on any atom is -0.483 e. The summed E-state index contributed by atoms with van der Waals surface area (Å²) in [6.07, 6.45) is 3.12. The number of H-pyrrole nitrogens is 1. The zero-order valence-corrected chi connectivity index (χ0v) is 22.5. The Balaban J connectivity index is 1.36. The number of imide groups is 1. The molecule has 1 aromatic heterocycles. The molecular formula is C28H27N3O5S2. The van der Waals surface area contributed by atoms with E-state index in [9.17, 15) is 19.2 Å². The van der Waals surface area contributed by atoms with E-state index in [2.05, 4.69) is 4.98 Å². The van der Waals surface area contributed by atoms with Gasteiger partial charge in [0.1, 0.15) is 11.0 Å². The number of aromatic nitrogens is 1. The van der Waals surface area contributed by atoms with Gasteiger partial charge in [0, 0.05) is 29.4 Å². The van der Waals surface area contributed by atoms with E-state index in [0.717, 1.165) is 49.3 Å². The molecule has 10 heteroatoms. The molecular weight excluding hydrogens is 522 g/mol. The van der Waals surface area contributed by atoms with Gasteiger partial charge in [0.05, 0.1) is 16.6 Å². The number of amides is 3. The molecule has 3 aromatic rings. The lowest BCUT2D eigenvalue weighted by Gasteiger charge is -2.31. The molecule has 2 aromatic carbocycles. The summed E-state index contributed by atoms with van der Waals surface area (Å²) >= 11 is 2.30. The fourth-order valence-electron chi connectivity index (χ4n) is 5.54. The quantitative estimate of drug-likeness (QED) is 0.484. The number of carbonyl (C=O) groups is 3. The molecule has 0 aliphatic carbocycles. The van der Waals surface area contributed by atoms with Crippen LogP contribution in [0.25, 0.3) is 0 Å². The number of para-hydroxylation sites is 1. The fourth-order valence-corrected chi connectivity index (χ4v) is 8.05. The summed E-state index contributed by atoms with van der Waals surface area (Å²) in [7, 11) is 0. The number of nitrogens with one attached hydrogen (secondary N) is 1. The number of aryl methyl sites for hydroxylation is 1. The largest absolute Gasteiger partial charge is 0.483 e. The number of ether oxygens (including phenoxy) is 1. The Kier molecular flexibility index (Phi) is 6.61. The highest BCUT2D eigenvalue weighted by Crippen LogP contribution is 2.54. The van der Waals surface area contributed by atoms with E-state index in [1.807, 2.05) is 42.2 Å². The predicted molar refractivity (Wildman–Crippen MR) is 146 cm³/mol. The second kappa shape index (κ2) is 10.1. The molecule has 3 aliphatic rings. The molecule has 0 unspecified atom stereocenters. The Hall–Kier alpha value is -3.37. The van der Waals surface area contributed by atoms with Crippen LogP contribution in [0.3, 0.4) is 0 Å². The number of thioether (sulfide) groups is 1. The molecule has 3 aliphatic heterocycles. The first kappa shape index (κ1) is 24.9. The molecule has 4 heterocycles. The summed E-state index contributed by atoms with van der Waals surface area (Å²) in [5.41, 5.74) is 2.26. The summed E-state index contributed by atoms with van der Waals surface area (Å²) in [6.45, 7) is 3.31. The molecule has 0 bridgehead atoms. The molecule has 196 valence electrons. The Morgan fingerprint density at radius 1 is 1.00 bits per heavy atom. The van der Waals surface area contributed by atoms with Gasteiger partial charge in [-0.15, -0.1) is 0 Å². The second-order valence-corrected chi connectivity index (χ2v) is 12.0. The van der Waals surface area contributed by atoms with Gasteiger partial charge in [0.2, 0.25) is 11.8 Å². The van der Waals surface area contributed by atoms with Gasteiger partial charge < -0.3 is 14.6 Å². The lowest BCUT2D eigenvalue weighted by molar-refractivity contribution is -0.134. The van der Waals surface area contributed by atoms with Crippen molar-refractivity contribution in [3.63, 3.8) is 0 Å². The molecule has 0 saturated carbocycles. The average molecular weight is 550 g/mol. The average Bonchev–Trinajstić information content (AvgIpc) is 3.43. The molecule has 2 fully saturated rings. The summed E-state index contributed by atoms with van der Waals surface area (Å²) < 4.78 is 6.07. The zero-order chi connectivity index (χ0) is 26.4. The van der Waals surface area contributed by atoms with Gasteiger partial charge in [-0.3, -0.25) is 19.2 Å². The van der Waals surface area contributed by atoms with Crippen LogP contribution in [0.4, 0.5) is 5.69 Å². The Bertz CT molecular complexity index is 1460. The van der Waals surface area contributed by atoms with E-state index in [1.165, 1.54) is 16.7 Å². The number of benzene rings is 2. The standard InChI is InChI=1S/C28H27N3O5S2/c1-16-9-11-17(12-10-16)31-26(33)22-21(23-25(29-28(35)38-23)37-24(22)27(31)34)18-7-3-4-8-19(18)36-15-20(32)30-13-5-2-6-14-30/h3-4,7-12,21-22,24H,2,5-6,13-15H2,1H3,(H,29,35)/t21-,22-,24+/m0/s1. The van der Waals surface area contributed by atoms with Crippen LogP contribution in [-0.2, 0) is 14.4 Å². The minimum absolute atomic E-state index is 0.0683. The van der Waals surface area contributed by atoms with E-state index in [0.29, 0.717) is 26.9 Å². The maximum absolute atomic E-state index is 13.9. The number of piperidine rings is 1. The predicted octanol–water partition coefficient (Wildman–Crippen LogP) is 3.93. The van der Waals surface area contributed by atoms with Crippen molar-refractivity contribution in [3.8, 4) is 5.75 Å². The number of thiazole rings is 1. The number of likely N-dealkylation sites (tertiary alicyclic amines) is 1. The fraction of sp³-hybridized carbons (Fsp3) is 0.357. The van der Waals surface area contributed by atoms with Crippen LogP contribution in [0.2, 0.25) is 0 Å². The smallest absolute Gasteiger partial charge is 0.305 e. The van der Waals surface area contributed by atoms with Crippen molar-refractivity contribution in [2.24, 2.45) is 5.92 Å². The number of nitrogens with zero attached hydrogens (tertiary/aromatic N) is 2. The highest BCUT2D eigenvalue weighted by molar-refractivity contribution is 8.00. The first-order valence-corrected chi connectivity index (χ1v) is 14.5. The summed E-state index contributed by atoms with van der Waals surface area (Å²) in [6, 6.07) is 14.6. The van der Waals surface area contributed by atoms with Gasteiger partial charge in [0.15, 0.2) is 6.61 Å². The third-order valence-corrected chi connectivity index (χ3v) is 9.83. The van der Waals surface area contributed by atoms with Crippen molar-refractivity contribution in [2.45, 2.75) is 42.4 Å². The molecule has 3 atom stereocenters. The molecule has 6 rings (SSSR count). The third-order valence-electron chi connectivity index (χ3n) is 7.43. The van der Waals surface area contributed by atoms with Crippen LogP contribution in [0, 0.1) is 12.8 Å². The normalized spacial score (nSPS) is 22.8. The minimum atomic E-state index is -0.713. The van der Waals surface area contributed by atoms with E-state index in [1.54, 1.807) is 18.2 Å². The van der Waals surface area contributed by atoms with Crippen molar-refractivity contribution in [1.82, 2.24) is 9.88 Å². The maximum atomic E-state index is 13.9. The number of hydrogen-bond donors (Lipinski definition) is 1. The van der Waals surface area contributed by atoms with E-state index in [-0.39, 0.29) is 29.2 Å². The van der Waals surface area contributed by atoms with Crippen LogP contribution in [-0.4, -0.2) is 52.6 Å². The van der Waals surface area contributed by atoms with Gasteiger partial charge in [0.25, 0.3) is 5.91 Å². The number of hydrogen-bond acceptors (Lipinski definition) is 7. The van der Waals surface area contributed by atoms with Crippen molar-refractivity contribution in [3.05, 3.63) is 74.2 Å². The number of fused-ring (bicyclic) bond motifs is 2. The highest BCUT2D eigenvalue weighted by atomic mass is 32.2. The van der Waals surface area contributed by atoms with Gasteiger partial charge in [-0.1, -0.05) is 59.0 Å². The molecule has 2 saturated heterocycles. The molecule has 1 N–H and O–H groups in total. The summed E-state index contributed by atoms with van der Waals surface area (Å²) in [5, 5.41) is -0.0769. The summed E-state index contributed by atoms with van der Waals surface area (Å²) in [4.78, 5) is 59.2. The zero-order valence-electron chi connectivity index (χ0n) is 20.8. The number of rotatable bonds is 5. The number of anilines is 1. The van der Waals surface area contributed by atoms with Crippen molar-refractivity contribution < 1.29 is 19.1 Å². The van der Waals surface area contributed by atoms with Crippen LogP contribution < -0.4 is 14.5 Å².